The summed E-state index contributed by atoms with van der Waals surface area (Å²) in [6, 6.07) is 11.7. The van der Waals surface area contributed by atoms with Gasteiger partial charge in [0, 0.05) is 22.1 Å². The van der Waals surface area contributed by atoms with Crippen LogP contribution in [0.2, 0.25) is 0 Å². The molecule has 9 heteroatoms. The molecule has 0 aliphatic carbocycles. The Balaban J connectivity index is 1.83. The van der Waals surface area contributed by atoms with Gasteiger partial charge in [-0.3, -0.25) is 20.2 Å². The number of carbonyl (C=O) groups excluding carboxylic acids is 1. The number of anilines is 1. The highest BCUT2D eigenvalue weighted by Gasteiger charge is 2.18. The van der Waals surface area contributed by atoms with Gasteiger partial charge in [-0.05, 0) is 59.3 Å². The lowest BCUT2D eigenvalue weighted by Gasteiger charge is -2.03. The molecule has 2 aromatic carbocycles. The third-order valence-electron chi connectivity index (χ3n) is 3.79. The first-order valence-electron chi connectivity index (χ1n) is 7.76. The minimum atomic E-state index is -0.545. The van der Waals surface area contributed by atoms with Crippen molar-refractivity contribution in [2.24, 2.45) is 0 Å². The van der Waals surface area contributed by atoms with Crippen molar-refractivity contribution in [3.05, 3.63) is 67.5 Å². The van der Waals surface area contributed by atoms with Crippen molar-refractivity contribution in [1.29, 1.82) is 0 Å². The van der Waals surface area contributed by atoms with Crippen molar-refractivity contribution >= 4 is 44.0 Å². The topological polar surface area (TPSA) is 94.4 Å². The molecule has 27 heavy (non-hydrogen) atoms. The van der Waals surface area contributed by atoms with E-state index in [0.717, 1.165) is 21.9 Å². The van der Waals surface area contributed by atoms with Gasteiger partial charge in [0.2, 0.25) is 0 Å². The normalized spacial score (nSPS) is 10.5. The van der Waals surface area contributed by atoms with Crippen molar-refractivity contribution in [1.82, 2.24) is 4.98 Å². The van der Waals surface area contributed by atoms with Crippen LogP contribution in [0.15, 0.2) is 46.9 Å². The predicted octanol–water partition coefficient (Wildman–Crippen LogP) is 5.05. The Morgan fingerprint density at radius 1 is 1.26 bits per heavy atom. The van der Waals surface area contributed by atoms with Gasteiger partial charge in [0.1, 0.15) is 5.75 Å². The van der Waals surface area contributed by atoms with Gasteiger partial charge in [-0.2, -0.15) is 0 Å². The molecule has 0 radical (unpaired) electrons. The molecule has 0 saturated carbocycles. The Kier molecular flexibility index (Phi) is 5.52. The molecule has 1 aromatic heterocycles. The van der Waals surface area contributed by atoms with Crippen LogP contribution in [0.3, 0.4) is 0 Å². The lowest BCUT2D eigenvalue weighted by Crippen LogP contribution is -2.12. The largest absolute Gasteiger partial charge is 0.497 e. The highest BCUT2D eigenvalue weighted by Crippen LogP contribution is 2.32. The van der Waals surface area contributed by atoms with Gasteiger partial charge in [0.05, 0.1) is 22.2 Å². The molecule has 0 atom stereocenters. The first-order chi connectivity index (χ1) is 12.9. The Morgan fingerprint density at radius 2 is 1.96 bits per heavy atom. The lowest BCUT2D eigenvalue weighted by atomic mass is 10.1. The summed E-state index contributed by atoms with van der Waals surface area (Å²) < 4.78 is 5.47. The van der Waals surface area contributed by atoms with Crippen molar-refractivity contribution in [2.75, 3.05) is 12.4 Å². The Bertz CT molecular complexity index is 1020. The number of aromatic nitrogens is 1. The summed E-state index contributed by atoms with van der Waals surface area (Å²) in [6.07, 6.45) is 0. The molecule has 0 spiro atoms. The van der Waals surface area contributed by atoms with E-state index >= 15 is 0 Å². The molecule has 1 N–H and O–H groups in total. The second-order valence-electron chi connectivity index (χ2n) is 5.53. The first-order valence-corrected chi connectivity index (χ1v) is 9.37. The molecule has 3 aromatic rings. The molecule has 0 aliphatic heterocycles. The fraction of sp³-hybridized carbons (Fsp3) is 0.111. The maximum absolute atomic E-state index is 12.4. The average molecular weight is 448 g/mol. The fourth-order valence-electron chi connectivity index (χ4n) is 2.43. The van der Waals surface area contributed by atoms with E-state index in [9.17, 15) is 14.9 Å². The van der Waals surface area contributed by atoms with Crippen molar-refractivity contribution < 1.29 is 14.5 Å². The summed E-state index contributed by atoms with van der Waals surface area (Å²) >= 11 is 4.44. The maximum atomic E-state index is 12.4. The standard InChI is InChI=1S/C18H14BrN3O4S/c1-10-16(11-3-6-13(26-2)7-4-11)20-18(27-10)21-17(23)12-5-8-14(19)15(9-12)22(24)25/h3-9H,1-2H3,(H,20,21,23). The van der Waals surface area contributed by atoms with E-state index in [1.54, 1.807) is 7.11 Å². The number of nitrogens with zero attached hydrogens (tertiary/aromatic N) is 2. The van der Waals surface area contributed by atoms with Crippen LogP contribution in [-0.2, 0) is 0 Å². The number of halogens is 1. The number of carbonyl (C=O) groups is 1. The number of hydrogen-bond acceptors (Lipinski definition) is 6. The molecule has 0 saturated heterocycles. The van der Waals surface area contributed by atoms with Crippen LogP contribution in [0, 0.1) is 17.0 Å². The van der Waals surface area contributed by atoms with Crippen molar-refractivity contribution in [3.63, 3.8) is 0 Å². The van der Waals surface area contributed by atoms with Crippen LogP contribution in [0.5, 0.6) is 5.75 Å². The first kappa shape index (κ1) is 19.0. The Labute approximate surface area is 167 Å². The molecule has 1 heterocycles. The summed E-state index contributed by atoms with van der Waals surface area (Å²) in [7, 11) is 1.60. The van der Waals surface area contributed by atoms with E-state index < -0.39 is 10.8 Å². The number of ether oxygens (including phenoxy) is 1. The van der Waals surface area contributed by atoms with Gasteiger partial charge in [0.25, 0.3) is 11.6 Å². The fourth-order valence-corrected chi connectivity index (χ4v) is 3.65. The summed E-state index contributed by atoms with van der Waals surface area (Å²) in [5, 5.41) is 14.2. The van der Waals surface area contributed by atoms with Crippen LogP contribution in [-0.4, -0.2) is 22.9 Å². The van der Waals surface area contributed by atoms with Crippen LogP contribution in [0.4, 0.5) is 10.8 Å². The third-order valence-corrected chi connectivity index (χ3v) is 5.34. The number of thiazole rings is 1. The SMILES string of the molecule is COc1ccc(-c2nc(NC(=O)c3ccc(Br)c([N+](=O)[O-])c3)sc2C)cc1. The highest BCUT2D eigenvalue weighted by molar-refractivity contribution is 9.10. The third kappa shape index (κ3) is 4.15. The number of nitrogens with one attached hydrogen (secondary N) is 1. The van der Waals surface area contributed by atoms with E-state index in [2.05, 4.69) is 26.2 Å². The maximum Gasteiger partial charge on any atom is 0.284 e. The minimum Gasteiger partial charge on any atom is -0.497 e. The Hall–Kier alpha value is -2.78. The number of rotatable bonds is 5. The van der Waals surface area contributed by atoms with Crippen molar-refractivity contribution in [3.8, 4) is 17.0 Å². The molecule has 0 unspecified atom stereocenters. The number of amides is 1. The van der Waals surface area contributed by atoms with Gasteiger partial charge in [0.15, 0.2) is 5.13 Å². The van der Waals surface area contributed by atoms with Crippen LogP contribution >= 0.6 is 27.3 Å². The zero-order valence-electron chi connectivity index (χ0n) is 14.4. The summed E-state index contributed by atoms with van der Waals surface area (Å²) in [4.78, 5) is 28.3. The second kappa shape index (κ2) is 7.85. The minimum absolute atomic E-state index is 0.170. The lowest BCUT2D eigenvalue weighted by molar-refractivity contribution is -0.385. The monoisotopic (exact) mass is 447 g/mol. The molecule has 1 amide bonds. The summed E-state index contributed by atoms with van der Waals surface area (Å²) in [5.74, 6) is 0.289. The van der Waals surface area contributed by atoms with E-state index in [4.69, 9.17) is 4.74 Å². The molecule has 3 rings (SSSR count). The van der Waals surface area contributed by atoms with E-state index in [0.29, 0.717) is 9.60 Å². The van der Waals surface area contributed by atoms with Crippen molar-refractivity contribution in [2.45, 2.75) is 6.92 Å². The van der Waals surface area contributed by atoms with E-state index in [-0.39, 0.29) is 11.3 Å². The van der Waals surface area contributed by atoms with Gasteiger partial charge in [-0.15, -0.1) is 11.3 Å². The van der Waals surface area contributed by atoms with Crippen LogP contribution in [0.25, 0.3) is 11.3 Å². The zero-order valence-corrected chi connectivity index (χ0v) is 16.8. The smallest absolute Gasteiger partial charge is 0.284 e. The molecular weight excluding hydrogens is 434 g/mol. The predicted molar refractivity (Wildman–Crippen MR) is 108 cm³/mol. The van der Waals surface area contributed by atoms with E-state index in [1.807, 2.05) is 31.2 Å². The number of nitro groups is 1. The molecule has 0 fully saturated rings. The van der Waals surface area contributed by atoms with Gasteiger partial charge in [-0.25, -0.2) is 4.98 Å². The number of nitro benzene ring substituents is 1. The Morgan fingerprint density at radius 3 is 2.59 bits per heavy atom. The number of hydrogen-bond donors (Lipinski definition) is 1. The highest BCUT2D eigenvalue weighted by atomic mass is 79.9. The average Bonchev–Trinajstić information content (AvgIpc) is 3.02. The summed E-state index contributed by atoms with van der Waals surface area (Å²) in [5.41, 5.74) is 1.68. The molecule has 0 bridgehead atoms. The number of aryl methyl sites for hydroxylation is 1. The van der Waals surface area contributed by atoms with Crippen LogP contribution in [0.1, 0.15) is 15.2 Å². The zero-order chi connectivity index (χ0) is 19.6. The molecule has 7 nitrogen and oxygen atoms in total. The quantitative estimate of drug-likeness (QED) is 0.436. The number of methoxy groups -OCH3 is 1. The van der Waals surface area contributed by atoms with Gasteiger partial charge >= 0.3 is 0 Å². The van der Waals surface area contributed by atoms with E-state index in [1.165, 1.54) is 29.5 Å². The number of benzene rings is 2. The van der Waals surface area contributed by atoms with Gasteiger partial charge < -0.3 is 4.74 Å². The van der Waals surface area contributed by atoms with Crippen LogP contribution < -0.4 is 10.1 Å². The van der Waals surface area contributed by atoms with Gasteiger partial charge in [-0.1, -0.05) is 0 Å². The summed E-state index contributed by atoms with van der Waals surface area (Å²) in [6.45, 7) is 1.91. The molecule has 138 valence electrons. The second-order valence-corrected chi connectivity index (χ2v) is 7.59. The molecular formula is C18H14BrN3O4S. The molecule has 0 aliphatic rings.